The number of aliphatic imine (C=N–C) groups is 1. The summed E-state index contributed by atoms with van der Waals surface area (Å²) in [6.45, 7) is 6.42. The van der Waals surface area contributed by atoms with Crippen LogP contribution in [0.2, 0.25) is 0 Å². The number of nitrogens with zero attached hydrogens (tertiary/aromatic N) is 2. The highest BCUT2D eigenvalue weighted by Crippen LogP contribution is 2.37. The number of guanidine groups is 1. The van der Waals surface area contributed by atoms with Crippen molar-refractivity contribution in [1.29, 1.82) is 0 Å². The zero-order valence-electron chi connectivity index (χ0n) is 17.4. The molecule has 2 fully saturated rings. The number of likely N-dealkylation sites (tertiary alicyclic amines) is 1. The number of nitrogens with one attached hydrogen (secondary N) is 2. The maximum absolute atomic E-state index is 5.64. The minimum absolute atomic E-state index is 0. The summed E-state index contributed by atoms with van der Waals surface area (Å²) < 4.78 is 5.97. The highest BCUT2D eigenvalue weighted by atomic mass is 127. The molecular formula is C21H35IN4OS. The molecule has 1 aromatic carbocycles. The fourth-order valence-electron chi connectivity index (χ4n) is 4.09. The lowest BCUT2D eigenvalue weighted by Gasteiger charge is -2.30. The van der Waals surface area contributed by atoms with E-state index in [1.165, 1.54) is 37.0 Å². The fraction of sp³-hybridized carbons (Fsp3) is 0.667. The molecule has 1 aromatic rings. The number of thioether (sulfide) groups is 1. The Labute approximate surface area is 191 Å². The van der Waals surface area contributed by atoms with E-state index in [-0.39, 0.29) is 24.0 Å². The van der Waals surface area contributed by atoms with Gasteiger partial charge in [-0.2, -0.15) is 11.8 Å². The lowest BCUT2D eigenvalue weighted by atomic mass is 10.0. The zero-order chi connectivity index (χ0) is 19.1. The second-order valence-electron chi connectivity index (χ2n) is 7.71. The molecule has 2 unspecified atom stereocenters. The molecule has 0 aliphatic carbocycles. The van der Waals surface area contributed by atoms with E-state index in [0.717, 1.165) is 37.9 Å². The van der Waals surface area contributed by atoms with E-state index in [0.29, 0.717) is 10.8 Å². The third-order valence-electron chi connectivity index (χ3n) is 5.70. The van der Waals surface area contributed by atoms with E-state index in [1.54, 1.807) is 7.11 Å². The van der Waals surface area contributed by atoms with Crippen molar-refractivity contribution in [3.63, 3.8) is 0 Å². The smallest absolute Gasteiger partial charge is 0.191 e. The number of para-hydroxylation sites is 1. The summed E-state index contributed by atoms with van der Waals surface area (Å²) in [5.74, 6) is 3.13. The minimum atomic E-state index is 0. The first kappa shape index (κ1) is 23.6. The van der Waals surface area contributed by atoms with Gasteiger partial charge in [0.05, 0.1) is 13.2 Å². The predicted octanol–water partition coefficient (Wildman–Crippen LogP) is 3.90. The van der Waals surface area contributed by atoms with Gasteiger partial charge in [-0.25, -0.2) is 0 Å². The maximum atomic E-state index is 5.64. The molecule has 0 aromatic heterocycles. The van der Waals surface area contributed by atoms with Gasteiger partial charge in [0, 0.05) is 30.4 Å². The zero-order valence-corrected chi connectivity index (χ0v) is 20.5. The standard InChI is InChI=1S/C21H34N4OS.HI/c1-21(11-8-14-27-21)16-24-20(22-2)23-15-18(25-12-6-7-13-25)17-9-4-5-10-19(17)26-3;/h4-5,9-10,18H,6-8,11-16H2,1-3H3,(H2,22,23,24);1H. The third-order valence-corrected chi connectivity index (χ3v) is 7.23. The summed E-state index contributed by atoms with van der Waals surface area (Å²) in [6.07, 6.45) is 5.14. The molecule has 2 atom stereocenters. The van der Waals surface area contributed by atoms with Crippen molar-refractivity contribution in [2.75, 3.05) is 46.1 Å². The Hall–Kier alpha value is -0.670. The van der Waals surface area contributed by atoms with Gasteiger partial charge < -0.3 is 15.4 Å². The number of hydrogen-bond acceptors (Lipinski definition) is 4. The first-order valence-electron chi connectivity index (χ1n) is 10.1. The second-order valence-corrected chi connectivity index (χ2v) is 9.39. The van der Waals surface area contributed by atoms with Crippen molar-refractivity contribution in [2.24, 2.45) is 4.99 Å². The Morgan fingerprint density at radius 3 is 2.64 bits per heavy atom. The monoisotopic (exact) mass is 518 g/mol. The molecule has 2 saturated heterocycles. The number of hydrogen-bond donors (Lipinski definition) is 2. The van der Waals surface area contributed by atoms with Crippen molar-refractivity contribution in [3.8, 4) is 5.75 Å². The Balaban J connectivity index is 0.00000280. The van der Waals surface area contributed by atoms with Gasteiger partial charge in [0.1, 0.15) is 5.75 Å². The Morgan fingerprint density at radius 2 is 2.00 bits per heavy atom. The number of ether oxygens (including phenoxy) is 1. The summed E-state index contributed by atoms with van der Waals surface area (Å²) in [4.78, 5) is 7.01. The predicted molar refractivity (Wildman–Crippen MR) is 131 cm³/mol. The second kappa shape index (κ2) is 11.5. The summed E-state index contributed by atoms with van der Waals surface area (Å²) in [7, 11) is 3.61. The van der Waals surface area contributed by atoms with Gasteiger partial charge in [0.15, 0.2) is 5.96 Å². The minimum Gasteiger partial charge on any atom is -0.496 e. The topological polar surface area (TPSA) is 48.9 Å². The van der Waals surface area contributed by atoms with Crippen LogP contribution in [0.3, 0.4) is 0 Å². The molecular weight excluding hydrogens is 483 g/mol. The third kappa shape index (κ3) is 6.16. The quantitative estimate of drug-likeness (QED) is 0.326. The summed E-state index contributed by atoms with van der Waals surface area (Å²) in [5, 5.41) is 7.12. The molecule has 28 heavy (non-hydrogen) atoms. The number of methoxy groups -OCH3 is 1. The van der Waals surface area contributed by atoms with Crippen LogP contribution in [0.4, 0.5) is 0 Å². The molecule has 0 saturated carbocycles. The van der Waals surface area contributed by atoms with Gasteiger partial charge in [-0.1, -0.05) is 18.2 Å². The number of rotatable bonds is 7. The van der Waals surface area contributed by atoms with E-state index in [4.69, 9.17) is 4.74 Å². The highest BCUT2D eigenvalue weighted by molar-refractivity contribution is 14.0. The van der Waals surface area contributed by atoms with E-state index in [1.807, 2.05) is 13.1 Å². The van der Waals surface area contributed by atoms with Gasteiger partial charge >= 0.3 is 0 Å². The van der Waals surface area contributed by atoms with Crippen molar-refractivity contribution in [3.05, 3.63) is 29.8 Å². The first-order valence-corrected chi connectivity index (χ1v) is 11.1. The van der Waals surface area contributed by atoms with Gasteiger partial charge in [-0.3, -0.25) is 9.89 Å². The Kier molecular flexibility index (Phi) is 9.69. The van der Waals surface area contributed by atoms with Gasteiger partial charge in [-0.15, -0.1) is 24.0 Å². The molecule has 0 bridgehead atoms. The molecule has 158 valence electrons. The number of halogens is 1. The Morgan fingerprint density at radius 1 is 1.25 bits per heavy atom. The molecule has 2 aliphatic rings. The summed E-state index contributed by atoms with van der Waals surface area (Å²) in [5.41, 5.74) is 1.25. The van der Waals surface area contributed by atoms with Crippen molar-refractivity contribution in [1.82, 2.24) is 15.5 Å². The van der Waals surface area contributed by atoms with E-state index < -0.39 is 0 Å². The van der Waals surface area contributed by atoms with E-state index in [9.17, 15) is 0 Å². The Bertz CT molecular complexity index is 631. The molecule has 0 amide bonds. The molecule has 2 heterocycles. The van der Waals surface area contributed by atoms with Crippen molar-refractivity contribution >= 4 is 41.7 Å². The van der Waals surface area contributed by atoms with Crippen LogP contribution in [-0.4, -0.2) is 61.7 Å². The van der Waals surface area contributed by atoms with E-state index >= 15 is 0 Å². The van der Waals surface area contributed by atoms with Crippen molar-refractivity contribution < 1.29 is 4.74 Å². The average molecular weight is 519 g/mol. The summed E-state index contributed by atoms with van der Waals surface area (Å²) >= 11 is 2.07. The average Bonchev–Trinajstić information content (AvgIpc) is 3.37. The lowest BCUT2D eigenvalue weighted by molar-refractivity contribution is 0.239. The normalized spacial score (nSPS) is 23.9. The van der Waals surface area contributed by atoms with Crippen LogP contribution in [0.15, 0.2) is 29.3 Å². The van der Waals surface area contributed by atoms with Gasteiger partial charge in [-0.05, 0) is 57.5 Å². The van der Waals surface area contributed by atoms with E-state index in [2.05, 4.69) is 57.4 Å². The molecule has 3 rings (SSSR count). The molecule has 5 nitrogen and oxygen atoms in total. The SMILES string of the molecule is CN=C(NCC(c1ccccc1OC)N1CCCC1)NCC1(C)CCCS1.I. The van der Waals surface area contributed by atoms with Gasteiger partial charge in [0.25, 0.3) is 0 Å². The van der Waals surface area contributed by atoms with Crippen LogP contribution in [0.25, 0.3) is 0 Å². The lowest BCUT2D eigenvalue weighted by Crippen LogP contribution is -2.46. The molecule has 2 aliphatic heterocycles. The van der Waals surface area contributed by atoms with Gasteiger partial charge in [0.2, 0.25) is 0 Å². The fourth-order valence-corrected chi connectivity index (χ4v) is 5.34. The van der Waals surface area contributed by atoms with Crippen LogP contribution in [0.5, 0.6) is 5.75 Å². The van der Waals surface area contributed by atoms with Crippen LogP contribution in [0, 0.1) is 0 Å². The maximum Gasteiger partial charge on any atom is 0.191 e. The molecule has 2 N–H and O–H groups in total. The van der Waals surface area contributed by atoms with Crippen molar-refractivity contribution in [2.45, 2.75) is 43.4 Å². The van der Waals surface area contributed by atoms with Crippen LogP contribution in [0.1, 0.15) is 44.2 Å². The van der Waals surface area contributed by atoms with Crippen LogP contribution in [-0.2, 0) is 0 Å². The largest absolute Gasteiger partial charge is 0.496 e. The van der Waals surface area contributed by atoms with Crippen LogP contribution >= 0.6 is 35.7 Å². The summed E-state index contributed by atoms with van der Waals surface area (Å²) in [6, 6.07) is 8.68. The molecule has 0 spiro atoms. The highest BCUT2D eigenvalue weighted by Gasteiger charge is 2.30. The van der Waals surface area contributed by atoms with Crippen LogP contribution < -0.4 is 15.4 Å². The first-order chi connectivity index (χ1) is 13.1. The molecule has 0 radical (unpaired) electrons. The number of benzene rings is 1. The molecule has 7 heteroatoms.